The molecule has 0 aliphatic heterocycles. The molecule has 3 aromatic rings. The fraction of sp³-hybridized carbons (Fsp3) is 0.133. The van der Waals surface area contributed by atoms with Gasteiger partial charge in [0.25, 0.3) is 0 Å². The third kappa shape index (κ3) is 2.14. The van der Waals surface area contributed by atoms with Crippen LogP contribution in [0.2, 0.25) is 0 Å². The van der Waals surface area contributed by atoms with Gasteiger partial charge in [-0.2, -0.15) is 0 Å². The van der Waals surface area contributed by atoms with Gasteiger partial charge in [0.1, 0.15) is 17.1 Å². The number of methoxy groups -OCH3 is 1. The summed E-state index contributed by atoms with van der Waals surface area (Å²) >= 11 is 3.43. The lowest BCUT2D eigenvalue weighted by molar-refractivity contribution is 0.412. The summed E-state index contributed by atoms with van der Waals surface area (Å²) in [5, 5.41) is 0. The maximum Gasteiger partial charge on any atom is 0.138 e. The number of aromatic nitrogens is 2. The van der Waals surface area contributed by atoms with E-state index < -0.39 is 0 Å². The third-order valence-corrected chi connectivity index (χ3v) is 3.72. The van der Waals surface area contributed by atoms with Crippen molar-refractivity contribution in [3.05, 3.63) is 40.4 Å². The Morgan fingerprint density at radius 1 is 1.25 bits per heavy atom. The van der Waals surface area contributed by atoms with Crippen LogP contribution in [0.1, 0.15) is 5.56 Å². The molecule has 0 fully saturated rings. The van der Waals surface area contributed by atoms with Gasteiger partial charge in [0.2, 0.25) is 0 Å². The summed E-state index contributed by atoms with van der Waals surface area (Å²) in [5.74, 6) is 1.63. The number of rotatable bonds is 2. The van der Waals surface area contributed by atoms with Crippen molar-refractivity contribution in [3.8, 4) is 17.1 Å². The van der Waals surface area contributed by atoms with E-state index in [1.807, 2.05) is 37.3 Å². The molecule has 1 aromatic heterocycles. The molecule has 3 N–H and O–H groups in total. The van der Waals surface area contributed by atoms with E-state index in [0.717, 1.165) is 38.2 Å². The number of aryl methyl sites for hydroxylation is 1. The molecule has 0 spiro atoms. The normalized spacial score (nSPS) is 10.9. The number of hydrogen-bond donors (Lipinski definition) is 2. The van der Waals surface area contributed by atoms with Crippen molar-refractivity contribution < 1.29 is 4.74 Å². The number of H-pyrrole nitrogens is 1. The molecule has 0 amide bonds. The molecule has 20 heavy (non-hydrogen) atoms. The van der Waals surface area contributed by atoms with E-state index >= 15 is 0 Å². The molecule has 102 valence electrons. The Morgan fingerprint density at radius 3 is 2.80 bits per heavy atom. The molecular weight excluding hydrogens is 318 g/mol. The van der Waals surface area contributed by atoms with Gasteiger partial charge in [0, 0.05) is 10.0 Å². The molecule has 0 saturated carbocycles. The molecule has 0 radical (unpaired) electrons. The van der Waals surface area contributed by atoms with E-state index in [2.05, 4.69) is 25.9 Å². The third-order valence-electron chi connectivity index (χ3n) is 3.26. The van der Waals surface area contributed by atoms with Crippen LogP contribution < -0.4 is 10.5 Å². The van der Waals surface area contributed by atoms with Gasteiger partial charge in [0.15, 0.2) is 0 Å². The lowest BCUT2D eigenvalue weighted by Gasteiger charge is -2.05. The van der Waals surface area contributed by atoms with Crippen LogP contribution in [0, 0.1) is 6.92 Å². The van der Waals surface area contributed by atoms with Crippen LogP contribution in [0.4, 0.5) is 5.69 Å². The molecule has 0 aliphatic rings. The number of imidazole rings is 1. The Bertz CT molecular complexity index is 795. The second-order valence-corrected chi connectivity index (χ2v) is 5.58. The Labute approximate surface area is 125 Å². The molecule has 4 nitrogen and oxygen atoms in total. The number of anilines is 1. The quantitative estimate of drug-likeness (QED) is 0.700. The molecule has 2 aromatic carbocycles. The van der Waals surface area contributed by atoms with E-state index in [0.29, 0.717) is 5.69 Å². The molecule has 5 heteroatoms. The largest absolute Gasteiger partial charge is 0.496 e. The van der Waals surface area contributed by atoms with Crippen LogP contribution in [-0.2, 0) is 0 Å². The SMILES string of the molecule is COc1cc(-c2nc3c(N)cc(Br)cc3[nH]2)ccc1C. The average molecular weight is 332 g/mol. The predicted molar refractivity (Wildman–Crippen MR) is 84.9 cm³/mol. The van der Waals surface area contributed by atoms with Crippen molar-refractivity contribution in [2.24, 2.45) is 0 Å². The highest BCUT2D eigenvalue weighted by molar-refractivity contribution is 9.10. The first-order valence-electron chi connectivity index (χ1n) is 6.18. The summed E-state index contributed by atoms with van der Waals surface area (Å²) in [6.45, 7) is 2.01. The van der Waals surface area contributed by atoms with E-state index in [-0.39, 0.29) is 0 Å². The monoisotopic (exact) mass is 331 g/mol. The fourth-order valence-electron chi connectivity index (χ4n) is 2.21. The zero-order valence-corrected chi connectivity index (χ0v) is 12.8. The second kappa shape index (κ2) is 4.83. The molecule has 1 heterocycles. The maximum atomic E-state index is 5.99. The lowest BCUT2D eigenvalue weighted by Crippen LogP contribution is -1.89. The highest BCUT2D eigenvalue weighted by atomic mass is 79.9. The van der Waals surface area contributed by atoms with Crippen LogP contribution >= 0.6 is 15.9 Å². The van der Waals surface area contributed by atoms with Gasteiger partial charge in [-0.1, -0.05) is 28.1 Å². The molecule has 0 atom stereocenters. The van der Waals surface area contributed by atoms with Gasteiger partial charge in [-0.3, -0.25) is 0 Å². The van der Waals surface area contributed by atoms with E-state index in [1.54, 1.807) is 7.11 Å². The van der Waals surface area contributed by atoms with Crippen LogP contribution in [-0.4, -0.2) is 17.1 Å². The molecular formula is C15H14BrN3O. The minimum atomic E-state index is 0.649. The van der Waals surface area contributed by atoms with Gasteiger partial charge in [0.05, 0.1) is 18.3 Å². The summed E-state index contributed by atoms with van der Waals surface area (Å²) in [5.41, 5.74) is 10.4. The van der Waals surface area contributed by atoms with Crippen molar-refractivity contribution in [2.45, 2.75) is 6.92 Å². The van der Waals surface area contributed by atoms with Crippen molar-refractivity contribution in [3.63, 3.8) is 0 Å². The van der Waals surface area contributed by atoms with Crippen molar-refractivity contribution in [1.29, 1.82) is 0 Å². The number of fused-ring (bicyclic) bond motifs is 1. The number of nitrogens with zero attached hydrogens (tertiary/aromatic N) is 1. The van der Waals surface area contributed by atoms with Crippen LogP contribution in [0.5, 0.6) is 5.75 Å². The molecule has 0 saturated heterocycles. The molecule has 0 aliphatic carbocycles. The number of halogens is 1. The number of nitrogens with two attached hydrogens (primary N) is 1. The van der Waals surface area contributed by atoms with Gasteiger partial charge >= 0.3 is 0 Å². The summed E-state index contributed by atoms with van der Waals surface area (Å²) in [6, 6.07) is 9.82. The first-order chi connectivity index (χ1) is 9.58. The Morgan fingerprint density at radius 2 is 2.05 bits per heavy atom. The summed E-state index contributed by atoms with van der Waals surface area (Å²) in [6.07, 6.45) is 0. The van der Waals surface area contributed by atoms with Crippen LogP contribution in [0.3, 0.4) is 0 Å². The number of aromatic amines is 1. The minimum absolute atomic E-state index is 0.649. The smallest absolute Gasteiger partial charge is 0.138 e. The molecule has 0 bridgehead atoms. The van der Waals surface area contributed by atoms with E-state index in [9.17, 15) is 0 Å². The first kappa shape index (κ1) is 13.0. The van der Waals surface area contributed by atoms with Crippen molar-refractivity contribution in [1.82, 2.24) is 9.97 Å². The summed E-state index contributed by atoms with van der Waals surface area (Å²) < 4.78 is 6.28. The first-order valence-corrected chi connectivity index (χ1v) is 6.97. The van der Waals surface area contributed by atoms with Crippen molar-refractivity contribution in [2.75, 3.05) is 12.8 Å². The zero-order chi connectivity index (χ0) is 14.3. The highest BCUT2D eigenvalue weighted by Gasteiger charge is 2.10. The highest BCUT2D eigenvalue weighted by Crippen LogP contribution is 2.30. The molecule has 0 unspecified atom stereocenters. The number of benzene rings is 2. The van der Waals surface area contributed by atoms with Gasteiger partial charge in [-0.25, -0.2) is 4.98 Å². The predicted octanol–water partition coefficient (Wildman–Crippen LogP) is 3.89. The second-order valence-electron chi connectivity index (χ2n) is 4.66. The Hall–Kier alpha value is -2.01. The van der Waals surface area contributed by atoms with Gasteiger partial charge in [-0.15, -0.1) is 0 Å². The number of hydrogen-bond acceptors (Lipinski definition) is 3. The summed E-state index contributed by atoms with van der Waals surface area (Å²) in [4.78, 5) is 7.86. The number of nitrogens with one attached hydrogen (secondary N) is 1. The molecule has 3 rings (SSSR count). The number of nitrogen functional groups attached to an aromatic ring is 1. The van der Waals surface area contributed by atoms with Gasteiger partial charge < -0.3 is 15.5 Å². The van der Waals surface area contributed by atoms with Crippen LogP contribution in [0.25, 0.3) is 22.4 Å². The van der Waals surface area contributed by atoms with E-state index in [1.165, 1.54) is 0 Å². The standard InChI is InChI=1S/C15H14BrN3O/c1-8-3-4-9(5-13(8)20-2)15-18-12-7-10(16)6-11(17)14(12)19-15/h3-7H,17H2,1-2H3,(H,18,19). The number of ether oxygens (including phenoxy) is 1. The Balaban J connectivity index is 2.17. The fourth-order valence-corrected chi connectivity index (χ4v) is 2.69. The lowest BCUT2D eigenvalue weighted by atomic mass is 10.1. The van der Waals surface area contributed by atoms with Gasteiger partial charge in [-0.05, 0) is 30.7 Å². The maximum absolute atomic E-state index is 5.99. The zero-order valence-electron chi connectivity index (χ0n) is 11.2. The van der Waals surface area contributed by atoms with E-state index in [4.69, 9.17) is 10.5 Å². The summed E-state index contributed by atoms with van der Waals surface area (Å²) in [7, 11) is 1.67. The topological polar surface area (TPSA) is 63.9 Å². The Kier molecular flexibility index (Phi) is 3.14. The minimum Gasteiger partial charge on any atom is -0.496 e. The van der Waals surface area contributed by atoms with Crippen LogP contribution in [0.15, 0.2) is 34.8 Å². The van der Waals surface area contributed by atoms with Crippen molar-refractivity contribution >= 4 is 32.7 Å². The average Bonchev–Trinajstić information content (AvgIpc) is 2.83.